The Morgan fingerprint density at radius 1 is 1.20 bits per heavy atom. The van der Waals surface area contributed by atoms with Crippen molar-refractivity contribution in [2.24, 2.45) is 0 Å². The first-order valence-corrected chi connectivity index (χ1v) is 6.14. The molecule has 0 N–H and O–H groups in total. The van der Waals surface area contributed by atoms with Crippen LogP contribution in [0.3, 0.4) is 0 Å². The van der Waals surface area contributed by atoms with Crippen LogP contribution in [-0.4, -0.2) is 17.4 Å². The normalized spacial score (nSPS) is 10.4. The van der Waals surface area contributed by atoms with Gasteiger partial charge in [-0.05, 0) is 44.2 Å². The first-order chi connectivity index (χ1) is 9.58. The zero-order valence-electron chi connectivity index (χ0n) is 11.2. The minimum Gasteiger partial charge on any atom is -0.474 e. The highest BCUT2D eigenvalue weighted by Crippen LogP contribution is 2.25. The summed E-state index contributed by atoms with van der Waals surface area (Å²) < 4.78 is 23.7. The van der Waals surface area contributed by atoms with Crippen molar-refractivity contribution in [3.05, 3.63) is 47.9 Å². The number of rotatable bonds is 5. The van der Waals surface area contributed by atoms with E-state index in [1.54, 1.807) is 0 Å². The molecule has 1 heterocycles. The van der Waals surface area contributed by atoms with Gasteiger partial charge in [0.15, 0.2) is 6.29 Å². The van der Waals surface area contributed by atoms with Crippen molar-refractivity contribution < 1.29 is 18.7 Å². The van der Waals surface area contributed by atoms with Gasteiger partial charge in [-0.25, -0.2) is 9.37 Å². The van der Waals surface area contributed by atoms with E-state index < -0.39 is 0 Å². The highest BCUT2D eigenvalue weighted by atomic mass is 19.1. The monoisotopic (exact) mass is 275 g/mol. The average molecular weight is 275 g/mol. The number of aldehydes is 1. The molecule has 20 heavy (non-hydrogen) atoms. The van der Waals surface area contributed by atoms with Crippen molar-refractivity contribution in [2.75, 3.05) is 0 Å². The number of aromatic nitrogens is 1. The number of hydrogen-bond acceptors (Lipinski definition) is 4. The molecule has 5 heteroatoms. The van der Waals surface area contributed by atoms with Crippen molar-refractivity contribution in [2.45, 2.75) is 20.0 Å². The van der Waals surface area contributed by atoms with Gasteiger partial charge in [0.2, 0.25) is 5.88 Å². The SMILES string of the molecule is CC(C)Oc1ncc(Oc2ccc(F)cc2)cc1C=O. The lowest BCUT2D eigenvalue weighted by Gasteiger charge is -2.12. The zero-order valence-corrected chi connectivity index (χ0v) is 11.2. The van der Waals surface area contributed by atoms with Crippen LogP contribution in [0, 0.1) is 5.82 Å². The number of halogens is 1. The van der Waals surface area contributed by atoms with Gasteiger partial charge in [0.25, 0.3) is 0 Å². The molecule has 0 aliphatic rings. The Hall–Kier alpha value is -2.43. The highest BCUT2D eigenvalue weighted by molar-refractivity contribution is 5.78. The number of pyridine rings is 1. The van der Waals surface area contributed by atoms with Crippen LogP contribution in [0.25, 0.3) is 0 Å². The summed E-state index contributed by atoms with van der Waals surface area (Å²) in [7, 11) is 0. The molecule has 2 rings (SSSR count). The van der Waals surface area contributed by atoms with Gasteiger partial charge in [0.05, 0.1) is 17.9 Å². The molecule has 1 aromatic heterocycles. The summed E-state index contributed by atoms with van der Waals surface area (Å²) in [5.74, 6) is 0.767. The van der Waals surface area contributed by atoms with Crippen molar-refractivity contribution in [1.29, 1.82) is 0 Å². The molecule has 0 radical (unpaired) electrons. The van der Waals surface area contributed by atoms with E-state index >= 15 is 0 Å². The topological polar surface area (TPSA) is 48.4 Å². The lowest BCUT2D eigenvalue weighted by atomic mass is 10.3. The molecule has 0 bridgehead atoms. The Morgan fingerprint density at radius 2 is 1.90 bits per heavy atom. The molecule has 0 atom stereocenters. The Morgan fingerprint density at radius 3 is 2.50 bits per heavy atom. The predicted octanol–water partition coefficient (Wildman–Crippen LogP) is 3.61. The summed E-state index contributed by atoms with van der Waals surface area (Å²) in [6, 6.07) is 7.10. The fourth-order valence-electron chi connectivity index (χ4n) is 1.55. The average Bonchev–Trinajstić information content (AvgIpc) is 2.42. The first-order valence-electron chi connectivity index (χ1n) is 6.14. The molecule has 0 fully saturated rings. The van der Waals surface area contributed by atoms with Crippen LogP contribution in [0.15, 0.2) is 36.5 Å². The van der Waals surface area contributed by atoms with E-state index in [0.29, 0.717) is 23.3 Å². The van der Waals surface area contributed by atoms with Crippen LogP contribution < -0.4 is 9.47 Å². The quantitative estimate of drug-likeness (QED) is 0.782. The minimum atomic E-state index is -0.343. The molecule has 0 saturated carbocycles. The van der Waals surface area contributed by atoms with Crippen LogP contribution in [0.4, 0.5) is 4.39 Å². The molecule has 0 aliphatic heterocycles. The maximum Gasteiger partial charge on any atom is 0.224 e. The molecule has 4 nitrogen and oxygen atoms in total. The zero-order chi connectivity index (χ0) is 14.5. The first kappa shape index (κ1) is 14.0. The van der Waals surface area contributed by atoms with Gasteiger partial charge in [0, 0.05) is 0 Å². The van der Waals surface area contributed by atoms with Gasteiger partial charge in [-0.3, -0.25) is 4.79 Å². The molecular formula is C15H14FNO3. The lowest BCUT2D eigenvalue weighted by Crippen LogP contribution is -2.08. The van der Waals surface area contributed by atoms with E-state index in [2.05, 4.69) is 4.98 Å². The summed E-state index contributed by atoms with van der Waals surface area (Å²) in [4.78, 5) is 15.1. The van der Waals surface area contributed by atoms with E-state index in [4.69, 9.17) is 9.47 Å². The standard InChI is InChI=1S/C15H14FNO3/c1-10(2)19-15-11(9-18)7-14(8-17-15)20-13-5-3-12(16)4-6-13/h3-10H,1-2H3. The van der Waals surface area contributed by atoms with Gasteiger partial charge < -0.3 is 9.47 Å². The number of carbonyl (C=O) groups excluding carboxylic acids is 1. The maximum atomic E-state index is 12.8. The molecule has 1 aromatic carbocycles. The van der Waals surface area contributed by atoms with E-state index in [1.807, 2.05) is 13.8 Å². The summed E-state index contributed by atoms with van der Waals surface area (Å²) in [6.45, 7) is 3.69. The third-order valence-electron chi connectivity index (χ3n) is 2.38. The molecule has 0 saturated heterocycles. The second-order valence-electron chi connectivity index (χ2n) is 4.41. The highest BCUT2D eigenvalue weighted by Gasteiger charge is 2.09. The smallest absolute Gasteiger partial charge is 0.224 e. The molecule has 0 spiro atoms. The summed E-state index contributed by atoms with van der Waals surface area (Å²) >= 11 is 0. The lowest BCUT2D eigenvalue weighted by molar-refractivity contribution is 0.111. The Labute approximate surface area is 116 Å². The van der Waals surface area contributed by atoms with Crippen LogP contribution in [0.5, 0.6) is 17.4 Å². The van der Waals surface area contributed by atoms with Crippen molar-refractivity contribution >= 4 is 6.29 Å². The van der Waals surface area contributed by atoms with E-state index in [9.17, 15) is 9.18 Å². The molecule has 0 amide bonds. The van der Waals surface area contributed by atoms with Gasteiger partial charge >= 0.3 is 0 Å². The number of nitrogens with zero attached hydrogens (tertiary/aromatic N) is 1. The summed E-state index contributed by atoms with van der Waals surface area (Å²) in [5.41, 5.74) is 0.304. The predicted molar refractivity (Wildman–Crippen MR) is 71.9 cm³/mol. The van der Waals surface area contributed by atoms with Gasteiger partial charge in [-0.15, -0.1) is 0 Å². The Bertz CT molecular complexity index is 597. The summed E-state index contributed by atoms with van der Waals surface area (Å²) in [5, 5.41) is 0. The van der Waals surface area contributed by atoms with Crippen molar-refractivity contribution in [3.8, 4) is 17.4 Å². The van der Waals surface area contributed by atoms with E-state index in [-0.39, 0.29) is 17.8 Å². The van der Waals surface area contributed by atoms with Crippen molar-refractivity contribution in [1.82, 2.24) is 4.98 Å². The minimum absolute atomic E-state index is 0.0786. The van der Waals surface area contributed by atoms with Crippen molar-refractivity contribution in [3.63, 3.8) is 0 Å². The molecule has 0 unspecified atom stereocenters. The second kappa shape index (κ2) is 6.14. The fourth-order valence-corrected chi connectivity index (χ4v) is 1.55. The Balaban J connectivity index is 2.21. The third kappa shape index (κ3) is 3.54. The summed E-state index contributed by atoms with van der Waals surface area (Å²) in [6.07, 6.45) is 2.03. The number of carbonyl (C=O) groups is 1. The van der Waals surface area contributed by atoms with E-state index in [0.717, 1.165) is 0 Å². The molecular weight excluding hydrogens is 261 g/mol. The molecule has 104 valence electrons. The van der Waals surface area contributed by atoms with Crippen LogP contribution in [-0.2, 0) is 0 Å². The van der Waals surface area contributed by atoms with Crippen LogP contribution >= 0.6 is 0 Å². The van der Waals surface area contributed by atoms with Gasteiger partial charge in [-0.2, -0.15) is 0 Å². The molecule has 2 aromatic rings. The fraction of sp³-hybridized carbons (Fsp3) is 0.200. The largest absolute Gasteiger partial charge is 0.474 e. The van der Waals surface area contributed by atoms with Gasteiger partial charge in [0.1, 0.15) is 17.3 Å². The number of ether oxygens (including phenoxy) is 2. The molecule has 0 aliphatic carbocycles. The van der Waals surface area contributed by atoms with Crippen LogP contribution in [0.1, 0.15) is 24.2 Å². The third-order valence-corrected chi connectivity index (χ3v) is 2.38. The number of hydrogen-bond donors (Lipinski definition) is 0. The number of benzene rings is 1. The van der Waals surface area contributed by atoms with Gasteiger partial charge in [-0.1, -0.05) is 0 Å². The van der Waals surface area contributed by atoms with E-state index in [1.165, 1.54) is 36.5 Å². The second-order valence-corrected chi connectivity index (χ2v) is 4.41. The Kier molecular flexibility index (Phi) is 4.30. The maximum absolute atomic E-state index is 12.8. The van der Waals surface area contributed by atoms with Crippen LogP contribution in [0.2, 0.25) is 0 Å².